The van der Waals surface area contributed by atoms with Crippen LogP contribution in [-0.4, -0.2) is 25.1 Å². The van der Waals surface area contributed by atoms with Crippen molar-refractivity contribution in [2.45, 2.75) is 12.8 Å². The Bertz CT molecular complexity index is 620. The van der Waals surface area contributed by atoms with E-state index in [-0.39, 0.29) is 17.1 Å². The van der Waals surface area contributed by atoms with E-state index in [0.29, 0.717) is 24.3 Å². The monoisotopic (exact) mass is 286 g/mol. The van der Waals surface area contributed by atoms with Crippen LogP contribution in [0.15, 0.2) is 42.5 Å². The maximum atomic E-state index is 12.3. The molecule has 0 aliphatic rings. The number of ether oxygens (including phenoxy) is 2. The van der Waals surface area contributed by atoms with Gasteiger partial charge in [-0.05, 0) is 18.1 Å². The van der Waals surface area contributed by atoms with E-state index in [1.54, 1.807) is 0 Å². The van der Waals surface area contributed by atoms with Gasteiger partial charge < -0.3 is 14.6 Å². The number of carbonyl (C=O) groups is 1. The van der Waals surface area contributed by atoms with Gasteiger partial charge in [0.25, 0.3) is 0 Å². The first-order valence-electron chi connectivity index (χ1n) is 6.67. The maximum Gasteiger partial charge on any atom is 0.167 e. The first-order chi connectivity index (χ1) is 10.2. The van der Waals surface area contributed by atoms with Crippen LogP contribution in [0.25, 0.3) is 0 Å². The zero-order valence-electron chi connectivity index (χ0n) is 12.1. The van der Waals surface area contributed by atoms with E-state index in [1.165, 1.54) is 26.4 Å². The van der Waals surface area contributed by atoms with Crippen LogP contribution in [0.5, 0.6) is 17.2 Å². The Labute approximate surface area is 123 Å². The van der Waals surface area contributed by atoms with E-state index in [4.69, 9.17) is 9.47 Å². The summed E-state index contributed by atoms with van der Waals surface area (Å²) in [5.74, 6) is 0.607. The Kier molecular flexibility index (Phi) is 4.82. The number of phenols is 1. The fourth-order valence-corrected chi connectivity index (χ4v) is 2.13. The molecular formula is C17H18O4. The van der Waals surface area contributed by atoms with Crippen LogP contribution in [0.3, 0.4) is 0 Å². The zero-order valence-corrected chi connectivity index (χ0v) is 12.1. The lowest BCUT2D eigenvalue weighted by atomic mass is 10.0. The smallest absolute Gasteiger partial charge is 0.167 e. The van der Waals surface area contributed by atoms with E-state index < -0.39 is 0 Å². The molecule has 0 heterocycles. The normalized spacial score (nSPS) is 10.2. The lowest BCUT2D eigenvalue weighted by Gasteiger charge is -2.11. The molecule has 0 aromatic heterocycles. The topological polar surface area (TPSA) is 55.8 Å². The van der Waals surface area contributed by atoms with Crippen LogP contribution in [0.1, 0.15) is 22.3 Å². The molecule has 0 radical (unpaired) electrons. The van der Waals surface area contributed by atoms with Crippen LogP contribution in [0.2, 0.25) is 0 Å². The van der Waals surface area contributed by atoms with Crippen molar-refractivity contribution in [2.75, 3.05) is 14.2 Å². The van der Waals surface area contributed by atoms with Crippen LogP contribution in [-0.2, 0) is 6.42 Å². The van der Waals surface area contributed by atoms with Gasteiger partial charge in [-0.15, -0.1) is 0 Å². The van der Waals surface area contributed by atoms with E-state index in [1.807, 2.05) is 30.3 Å². The van der Waals surface area contributed by atoms with Gasteiger partial charge in [-0.2, -0.15) is 0 Å². The maximum absolute atomic E-state index is 12.3. The summed E-state index contributed by atoms with van der Waals surface area (Å²) in [5, 5.41) is 9.95. The minimum absolute atomic E-state index is 0.0919. The number of methoxy groups -OCH3 is 2. The fraction of sp³-hybridized carbons (Fsp3) is 0.235. The summed E-state index contributed by atoms with van der Waals surface area (Å²) in [4.78, 5) is 12.3. The molecule has 2 aromatic carbocycles. The van der Waals surface area contributed by atoms with Crippen LogP contribution in [0, 0.1) is 0 Å². The van der Waals surface area contributed by atoms with E-state index >= 15 is 0 Å². The standard InChI is InChI=1S/C17H18O4/c1-20-16-10-13(15(19)11-17(16)21-2)14(18)9-8-12-6-4-3-5-7-12/h3-7,10-11,19H,8-9H2,1-2H3. The van der Waals surface area contributed by atoms with Crippen molar-refractivity contribution in [3.8, 4) is 17.2 Å². The molecule has 0 saturated carbocycles. The average Bonchev–Trinajstić information content (AvgIpc) is 2.53. The number of carbonyl (C=O) groups excluding carboxylic acids is 1. The molecule has 0 aliphatic carbocycles. The van der Waals surface area contributed by atoms with Crippen molar-refractivity contribution in [3.05, 3.63) is 53.6 Å². The summed E-state index contributed by atoms with van der Waals surface area (Å²) in [5.41, 5.74) is 1.34. The van der Waals surface area contributed by atoms with Gasteiger partial charge in [0.1, 0.15) is 5.75 Å². The highest BCUT2D eigenvalue weighted by Crippen LogP contribution is 2.34. The van der Waals surface area contributed by atoms with Crippen molar-refractivity contribution >= 4 is 5.78 Å². The predicted octanol–water partition coefficient (Wildman–Crippen LogP) is 3.22. The number of phenolic OH excluding ortho intramolecular Hbond substituents is 1. The number of Topliss-reactive ketones (excluding diaryl/α,β-unsaturated/α-hetero) is 1. The molecule has 0 saturated heterocycles. The first-order valence-corrected chi connectivity index (χ1v) is 6.67. The Hall–Kier alpha value is -2.49. The van der Waals surface area contributed by atoms with Crippen molar-refractivity contribution < 1.29 is 19.4 Å². The molecule has 0 unspecified atom stereocenters. The number of benzene rings is 2. The highest BCUT2D eigenvalue weighted by molar-refractivity contribution is 5.99. The van der Waals surface area contributed by atoms with Gasteiger partial charge >= 0.3 is 0 Å². The van der Waals surface area contributed by atoms with Gasteiger partial charge in [-0.3, -0.25) is 4.79 Å². The lowest BCUT2D eigenvalue weighted by Crippen LogP contribution is -2.03. The van der Waals surface area contributed by atoms with Gasteiger partial charge in [0.05, 0.1) is 19.8 Å². The number of hydrogen-bond acceptors (Lipinski definition) is 4. The van der Waals surface area contributed by atoms with Gasteiger partial charge in [0.2, 0.25) is 0 Å². The second-order valence-electron chi connectivity index (χ2n) is 4.63. The molecule has 1 N–H and O–H groups in total. The number of hydrogen-bond donors (Lipinski definition) is 1. The summed E-state index contributed by atoms with van der Waals surface area (Å²) < 4.78 is 10.2. The number of rotatable bonds is 6. The second-order valence-corrected chi connectivity index (χ2v) is 4.63. The Morgan fingerprint density at radius 3 is 2.29 bits per heavy atom. The molecule has 110 valence electrons. The predicted molar refractivity (Wildman–Crippen MR) is 80.3 cm³/mol. The van der Waals surface area contributed by atoms with E-state index in [9.17, 15) is 9.90 Å². The molecule has 0 fully saturated rings. The molecule has 2 rings (SSSR count). The molecule has 21 heavy (non-hydrogen) atoms. The molecule has 4 heteroatoms. The molecule has 4 nitrogen and oxygen atoms in total. The average molecular weight is 286 g/mol. The molecule has 0 spiro atoms. The molecule has 2 aromatic rings. The van der Waals surface area contributed by atoms with Gasteiger partial charge in [-0.25, -0.2) is 0 Å². The summed E-state index contributed by atoms with van der Waals surface area (Å²) in [7, 11) is 2.97. The largest absolute Gasteiger partial charge is 0.507 e. The molecular weight excluding hydrogens is 268 g/mol. The summed E-state index contributed by atoms with van der Waals surface area (Å²) in [6.07, 6.45) is 0.959. The van der Waals surface area contributed by atoms with Gasteiger partial charge in [0.15, 0.2) is 17.3 Å². The third kappa shape index (κ3) is 3.54. The molecule has 0 bridgehead atoms. The van der Waals surface area contributed by atoms with Crippen LogP contribution < -0.4 is 9.47 Å². The van der Waals surface area contributed by atoms with E-state index in [0.717, 1.165) is 5.56 Å². The molecule has 0 atom stereocenters. The minimum atomic E-state index is -0.127. The summed E-state index contributed by atoms with van der Waals surface area (Å²) >= 11 is 0. The molecule has 0 amide bonds. The van der Waals surface area contributed by atoms with Crippen molar-refractivity contribution in [1.29, 1.82) is 0 Å². The Morgan fingerprint density at radius 1 is 1.05 bits per heavy atom. The Balaban J connectivity index is 2.15. The zero-order chi connectivity index (χ0) is 15.2. The van der Waals surface area contributed by atoms with Crippen molar-refractivity contribution in [3.63, 3.8) is 0 Å². The second kappa shape index (κ2) is 6.79. The third-order valence-electron chi connectivity index (χ3n) is 3.29. The third-order valence-corrected chi connectivity index (χ3v) is 3.29. The van der Waals surface area contributed by atoms with Crippen LogP contribution >= 0.6 is 0 Å². The van der Waals surface area contributed by atoms with E-state index in [2.05, 4.69) is 0 Å². The lowest BCUT2D eigenvalue weighted by molar-refractivity contribution is 0.0980. The Morgan fingerprint density at radius 2 is 1.67 bits per heavy atom. The minimum Gasteiger partial charge on any atom is -0.507 e. The first kappa shape index (κ1) is 14.9. The van der Waals surface area contributed by atoms with Gasteiger partial charge in [0, 0.05) is 12.5 Å². The van der Waals surface area contributed by atoms with Crippen molar-refractivity contribution in [1.82, 2.24) is 0 Å². The molecule has 0 aliphatic heterocycles. The number of ketones is 1. The highest BCUT2D eigenvalue weighted by Gasteiger charge is 2.16. The fourth-order valence-electron chi connectivity index (χ4n) is 2.13. The highest BCUT2D eigenvalue weighted by atomic mass is 16.5. The van der Waals surface area contributed by atoms with Gasteiger partial charge in [-0.1, -0.05) is 30.3 Å². The van der Waals surface area contributed by atoms with Crippen molar-refractivity contribution in [2.24, 2.45) is 0 Å². The number of aryl methyl sites for hydroxylation is 1. The van der Waals surface area contributed by atoms with Crippen LogP contribution in [0.4, 0.5) is 0 Å². The number of aromatic hydroxyl groups is 1. The summed E-state index contributed by atoms with van der Waals surface area (Å²) in [6, 6.07) is 12.7. The quantitative estimate of drug-likeness (QED) is 0.828. The summed E-state index contributed by atoms with van der Waals surface area (Å²) in [6.45, 7) is 0. The SMILES string of the molecule is COc1cc(O)c(C(=O)CCc2ccccc2)cc1OC.